The van der Waals surface area contributed by atoms with Crippen molar-refractivity contribution >= 4 is 50.8 Å². The number of hydrogen-bond donors (Lipinski definition) is 0. The van der Waals surface area contributed by atoms with Crippen LogP contribution in [0.5, 0.6) is 0 Å². The van der Waals surface area contributed by atoms with Crippen LogP contribution in [-0.4, -0.2) is 10.4 Å². The summed E-state index contributed by atoms with van der Waals surface area (Å²) in [4.78, 5) is 24.2. The van der Waals surface area contributed by atoms with Gasteiger partial charge in [-0.1, -0.05) is 6.92 Å². The van der Waals surface area contributed by atoms with Crippen LogP contribution in [-0.2, 0) is 6.54 Å². The van der Waals surface area contributed by atoms with E-state index in [0.29, 0.717) is 23.3 Å². The summed E-state index contributed by atoms with van der Waals surface area (Å²) in [5.41, 5.74) is 2.40. The van der Waals surface area contributed by atoms with E-state index in [-0.39, 0.29) is 11.5 Å². The molecule has 0 spiro atoms. The molecule has 2 heterocycles. The van der Waals surface area contributed by atoms with E-state index in [1.165, 1.54) is 11.3 Å². The van der Waals surface area contributed by atoms with Crippen molar-refractivity contribution in [3.63, 3.8) is 0 Å². The lowest BCUT2D eigenvalue weighted by Crippen LogP contribution is -2.13. The highest BCUT2D eigenvalue weighted by atomic mass is 127. The number of aryl methyl sites for hydroxylation is 1. The van der Waals surface area contributed by atoms with Gasteiger partial charge in [-0.3, -0.25) is 9.36 Å². The van der Waals surface area contributed by atoms with E-state index in [4.69, 9.17) is 4.42 Å². The van der Waals surface area contributed by atoms with Gasteiger partial charge in [0.05, 0.1) is 8.40 Å². The monoisotopic (exact) mass is 413 g/mol. The van der Waals surface area contributed by atoms with Crippen LogP contribution < -0.4 is 5.76 Å². The quantitative estimate of drug-likeness (QED) is 0.482. The maximum atomic E-state index is 12.4. The van der Waals surface area contributed by atoms with Gasteiger partial charge in [-0.05, 0) is 53.3 Å². The Balaban J connectivity index is 2.06. The van der Waals surface area contributed by atoms with E-state index in [1.54, 1.807) is 22.8 Å². The molecule has 0 bridgehead atoms. The highest BCUT2D eigenvalue weighted by molar-refractivity contribution is 14.1. The van der Waals surface area contributed by atoms with Gasteiger partial charge in [0.25, 0.3) is 0 Å². The van der Waals surface area contributed by atoms with Crippen LogP contribution >= 0.6 is 33.9 Å². The predicted octanol–water partition coefficient (Wildman–Crippen LogP) is 3.90. The van der Waals surface area contributed by atoms with Crippen LogP contribution in [0.15, 0.2) is 38.9 Å². The van der Waals surface area contributed by atoms with Crippen LogP contribution in [0.1, 0.15) is 29.3 Å². The second-order valence-electron chi connectivity index (χ2n) is 4.67. The van der Waals surface area contributed by atoms with Crippen LogP contribution in [0, 0.1) is 2.88 Å². The molecule has 0 amide bonds. The minimum atomic E-state index is -0.374. The molecule has 0 saturated carbocycles. The Bertz CT molecular complexity index is 875. The first-order valence-electron chi connectivity index (χ1n) is 6.52. The molecule has 2 aromatic heterocycles. The Morgan fingerprint density at radius 1 is 1.33 bits per heavy atom. The first-order valence-corrected chi connectivity index (χ1v) is 8.48. The number of rotatable bonds is 4. The van der Waals surface area contributed by atoms with Crippen molar-refractivity contribution in [1.82, 2.24) is 4.57 Å². The van der Waals surface area contributed by atoms with E-state index in [0.717, 1.165) is 14.8 Å². The van der Waals surface area contributed by atoms with Gasteiger partial charge in [-0.15, -0.1) is 11.3 Å². The molecule has 0 unspecified atom stereocenters. The molecule has 6 heteroatoms. The average Bonchev–Trinajstić information content (AvgIpc) is 3.02. The van der Waals surface area contributed by atoms with Crippen molar-refractivity contribution in [2.75, 3.05) is 0 Å². The van der Waals surface area contributed by atoms with Crippen LogP contribution in [0.4, 0.5) is 0 Å². The molecule has 21 heavy (non-hydrogen) atoms. The summed E-state index contributed by atoms with van der Waals surface area (Å²) < 4.78 is 7.90. The van der Waals surface area contributed by atoms with Crippen molar-refractivity contribution in [1.29, 1.82) is 0 Å². The number of halogens is 1. The Morgan fingerprint density at radius 2 is 2.14 bits per heavy atom. The highest BCUT2D eigenvalue weighted by Crippen LogP contribution is 2.22. The van der Waals surface area contributed by atoms with Crippen molar-refractivity contribution in [3.05, 3.63) is 54.2 Å². The van der Waals surface area contributed by atoms with E-state index in [1.807, 2.05) is 18.4 Å². The summed E-state index contributed by atoms with van der Waals surface area (Å²) in [6.45, 7) is 2.61. The second kappa shape index (κ2) is 5.76. The van der Waals surface area contributed by atoms with Crippen LogP contribution in [0.3, 0.4) is 0 Å². The van der Waals surface area contributed by atoms with Gasteiger partial charge in [0.1, 0.15) is 0 Å². The number of nitrogens with zero attached hydrogens (tertiary/aromatic N) is 1. The summed E-state index contributed by atoms with van der Waals surface area (Å²) >= 11 is 3.72. The van der Waals surface area contributed by atoms with E-state index < -0.39 is 0 Å². The molecule has 0 radical (unpaired) electrons. The van der Waals surface area contributed by atoms with Gasteiger partial charge in [0, 0.05) is 23.1 Å². The van der Waals surface area contributed by atoms with Gasteiger partial charge in [-0.2, -0.15) is 0 Å². The number of thiophene rings is 1. The molecule has 0 atom stereocenters. The summed E-state index contributed by atoms with van der Waals surface area (Å²) in [5, 5.41) is 1.84. The largest absolute Gasteiger partial charge is 0.419 e. The summed E-state index contributed by atoms with van der Waals surface area (Å²) in [5.74, 6) is -0.427. The van der Waals surface area contributed by atoms with Crippen molar-refractivity contribution in [2.45, 2.75) is 19.9 Å². The Hall–Kier alpha value is -1.41. The molecule has 3 aromatic rings. The Kier molecular flexibility index (Phi) is 3.99. The molecule has 3 rings (SSSR count). The molecule has 0 fully saturated rings. The molecule has 0 aliphatic rings. The number of aromatic nitrogens is 1. The van der Waals surface area contributed by atoms with Crippen LogP contribution in [0.2, 0.25) is 0 Å². The minimum Gasteiger partial charge on any atom is -0.408 e. The standard InChI is InChI=1S/C15H12INO3S/c1-2-5-17-11-4-3-9(6-12(11)20-15(17)19)14(18)10-7-13(16)21-8-10/h3-4,6-8H,2,5H2,1H3. The Labute approximate surface area is 138 Å². The van der Waals surface area contributed by atoms with Crippen LogP contribution in [0.25, 0.3) is 11.1 Å². The normalized spacial score (nSPS) is 11.1. The fourth-order valence-corrected chi connectivity index (χ4v) is 3.57. The molecule has 0 N–H and O–H groups in total. The molecule has 0 aliphatic heterocycles. The third-order valence-electron chi connectivity index (χ3n) is 3.21. The molecule has 4 nitrogen and oxygen atoms in total. The zero-order valence-corrected chi connectivity index (χ0v) is 14.2. The molecule has 1 aromatic carbocycles. The molecule has 0 saturated heterocycles. The topological polar surface area (TPSA) is 52.2 Å². The number of ketones is 1. The number of carbonyl (C=O) groups excluding carboxylic acids is 1. The Morgan fingerprint density at radius 3 is 2.81 bits per heavy atom. The number of carbonyl (C=O) groups is 1. The molecule has 0 aliphatic carbocycles. The maximum absolute atomic E-state index is 12.4. The fourth-order valence-electron chi connectivity index (χ4n) is 2.24. The molecule has 108 valence electrons. The maximum Gasteiger partial charge on any atom is 0.419 e. The second-order valence-corrected chi connectivity index (χ2v) is 7.48. The lowest BCUT2D eigenvalue weighted by atomic mass is 10.1. The van der Waals surface area contributed by atoms with Gasteiger partial charge < -0.3 is 4.42 Å². The lowest BCUT2D eigenvalue weighted by molar-refractivity contribution is 0.103. The van der Waals surface area contributed by atoms with E-state index in [9.17, 15) is 9.59 Å². The minimum absolute atomic E-state index is 0.0537. The van der Waals surface area contributed by atoms with E-state index >= 15 is 0 Å². The van der Waals surface area contributed by atoms with Gasteiger partial charge in [0.15, 0.2) is 11.4 Å². The van der Waals surface area contributed by atoms with Gasteiger partial charge >= 0.3 is 5.76 Å². The van der Waals surface area contributed by atoms with Gasteiger partial charge in [-0.25, -0.2) is 4.79 Å². The highest BCUT2D eigenvalue weighted by Gasteiger charge is 2.14. The predicted molar refractivity (Wildman–Crippen MR) is 91.2 cm³/mol. The van der Waals surface area contributed by atoms with Crippen molar-refractivity contribution in [2.24, 2.45) is 0 Å². The summed E-state index contributed by atoms with van der Waals surface area (Å²) in [6, 6.07) is 7.03. The first-order chi connectivity index (χ1) is 10.1. The number of fused-ring (bicyclic) bond motifs is 1. The summed E-state index contributed by atoms with van der Waals surface area (Å²) in [7, 11) is 0. The lowest BCUT2D eigenvalue weighted by Gasteiger charge is -2.00. The molecular weight excluding hydrogens is 401 g/mol. The number of hydrogen-bond acceptors (Lipinski definition) is 4. The average molecular weight is 413 g/mol. The third-order valence-corrected chi connectivity index (χ3v) is 5.00. The SMILES string of the molecule is CCCn1c(=O)oc2cc(C(=O)c3csc(I)c3)ccc21. The molecular formula is C15H12INO3S. The summed E-state index contributed by atoms with van der Waals surface area (Å²) in [6.07, 6.45) is 0.850. The van der Waals surface area contributed by atoms with Gasteiger partial charge in [0.2, 0.25) is 0 Å². The van der Waals surface area contributed by atoms with E-state index in [2.05, 4.69) is 22.6 Å². The zero-order valence-electron chi connectivity index (χ0n) is 11.3. The smallest absolute Gasteiger partial charge is 0.408 e. The van der Waals surface area contributed by atoms with Crippen molar-refractivity contribution in [3.8, 4) is 0 Å². The zero-order chi connectivity index (χ0) is 15.0. The first kappa shape index (κ1) is 14.5. The van der Waals surface area contributed by atoms with Crippen molar-refractivity contribution < 1.29 is 9.21 Å². The third kappa shape index (κ3) is 2.69. The number of benzene rings is 1. The fraction of sp³-hybridized carbons (Fsp3) is 0.200. The number of oxazole rings is 1.